The number of aliphatic hydroxyl groups is 1. The third-order valence-corrected chi connectivity index (χ3v) is 13.0. The molecule has 5 heteroatoms. The minimum Gasteiger partial charge on any atom is -0.396 e. The molecule has 2 rings (SSSR count). The molecule has 0 radical (unpaired) electrons. The molecule has 0 spiro atoms. The van der Waals surface area contributed by atoms with Gasteiger partial charge in [0.15, 0.2) is 5.79 Å². The number of unbranched alkanes of at least 4 members (excludes halogenated alkanes) is 21. The second kappa shape index (κ2) is 33.7. The highest BCUT2D eigenvalue weighted by Crippen LogP contribution is 2.41. The Hall–Kier alpha value is -0.200. The van der Waals surface area contributed by atoms with E-state index in [1.165, 1.54) is 206 Å². The van der Waals surface area contributed by atoms with E-state index in [0.717, 1.165) is 57.8 Å². The number of nitrogens with zero attached hydrogens (tertiary/aromatic N) is 1. The second-order valence-corrected chi connectivity index (χ2v) is 18.2. The Kier molecular flexibility index (Phi) is 31.2. The molecule has 0 aromatic heterocycles. The lowest BCUT2D eigenvalue weighted by atomic mass is 9.83. The molecule has 2 saturated heterocycles. The molecule has 1 N–H and O–H groups in total. The summed E-state index contributed by atoms with van der Waals surface area (Å²) in [6.45, 7) is 14.8. The van der Waals surface area contributed by atoms with Gasteiger partial charge in [-0.25, -0.2) is 0 Å². The normalized spacial score (nSPS) is 23.0. The minimum atomic E-state index is -0.314. The average molecular weight is 764 g/mol. The minimum absolute atomic E-state index is 0.175. The van der Waals surface area contributed by atoms with E-state index < -0.39 is 0 Å². The van der Waals surface area contributed by atoms with Gasteiger partial charge in [-0.15, -0.1) is 0 Å². The van der Waals surface area contributed by atoms with Crippen molar-refractivity contribution >= 4 is 0 Å². The van der Waals surface area contributed by atoms with Crippen molar-refractivity contribution in [2.45, 2.75) is 270 Å². The van der Waals surface area contributed by atoms with Gasteiger partial charge < -0.3 is 24.2 Å². The average Bonchev–Trinajstić information content (AvgIpc) is 3.78. The van der Waals surface area contributed by atoms with Crippen LogP contribution in [0.25, 0.3) is 0 Å². The zero-order valence-electron chi connectivity index (χ0n) is 37.3. The zero-order chi connectivity index (χ0) is 38.8. The van der Waals surface area contributed by atoms with Crippen LogP contribution in [0.2, 0.25) is 0 Å². The van der Waals surface area contributed by atoms with Gasteiger partial charge in [0.1, 0.15) is 0 Å². The fourth-order valence-corrected chi connectivity index (χ4v) is 9.45. The van der Waals surface area contributed by atoms with Crippen molar-refractivity contribution in [3.05, 3.63) is 0 Å². The molecular weight excluding hydrogens is 667 g/mol. The van der Waals surface area contributed by atoms with E-state index in [0.29, 0.717) is 6.61 Å². The van der Waals surface area contributed by atoms with Crippen LogP contribution < -0.4 is 0 Å². The lowest BCUT2D eigenvalue weighted by Crippen LogP contribution is -2.31. The fraction of sp³-hybridized carbons (Fsp3) is 1.00. The molecule has 322 valence electrons. The van der Waals surface area contributed by atoms with Crippen LogP contribution in [0, 0.1) is 5.92 Å². The van der Waals surface area contributed by atoms with Gasteiger partial charge >= 0.3 is 0 Å². The SMILES string of the molecule is CCCCCCCCCC1(CCCCCC)CC(CCCCN(CCCCO)CCCCC2COC(CCCCCC)(CCCCCCCCC)O2)CO1. The number of hydrogen-bond acceptors (Lipinski definition) is 5. The van der Waals surface area contributed by atoms with E-state index in [-0.39, 0.29) is 17.5 Å². The second-order valence-electron chi connectivity index (χ2n) is 18.2. The van der Waals surface area contributed by atoms with E-state index in [9.17, 15) is 5.11 Å². The maximum atomic E-state index is 9.46. The summed E-state index contributed by atoms with van der Waals surface area (Å²) in [6, 6.07) is 0. The van der Waals surface area contributed by atoms with Crippen molar-refractivity contribution in [3.63, 3.8) is 0 Å². The van der Waals surface area contributed by atoms with Crippen LogP contribution in [0.15, 0.2) is 0 Å². The van der Waals surface area contributed by atoms with E-state index in [1.54, 1.807) is 0 Å². The van der Waals surface area contributed by atoms with Crippen molar-refractivity contribution in [2.75, 3.05) is 39.5 Å². The van der Waals surface area contributed by atoms with Crippen LogP contribution in [-0.2, 0) is 14.2 Å². The fourth-order valence-electron chi connectivity index (χ4n) is 9.45. The summed E-state index contributed by atoms with van der Waals surface area (Å²) < 4.78 is 20.1. The molecule has 2 fully saturated rings. The van der Waals surface area contributed by atoms with Gasteiger partial charge in [0.05, 0.1) is 24.9 Å². The number of aliphatic hydroxyl groups excluding tert-OH is 1. The molecule has 2 aliphatic heterocycles. The van der Waals surface area contributed by atoms with Crippen molar-refractivity contribution in [1.29, 1.82) is 0 Å². The quantitative estimate of drug-likeness (QED) is 0.0630. The monoisotopic (exact) mass is 764 g/mol. The molecular formula is C49H97NO4. The van der Waals surface area contributed by atoms with Gasteiger partial charge in [-0.1, -0.05) is 163 Å². The van der Waals surface area contributed by atoms with Crippen LogP contribution in [0.4, 0.5) is 0 Å². The zero-order valence-corrected chi connectivity index (χ0v) is 37.3. The van der Waals surface area contributed by atoms with Crippen LogP contribution >= 0.6 is 0 Å². The predicted octanol–water partition coefficient (Wildman–Crippen LogP) is 14.5. The van der Waals surface area contributed by atoms with Crippen molar-refractivity contribution < 1.29 is 19.3 Å². The Bertz CT molecular complexity index is 751. The Morgan fingerprint density at radius 3 is 1.43 bits per heavy atom. The molecule has 0 aromatic carbocycles. The van der Waals surface area contributed by atoms with Gasteiger partial charge in [-0.05, 0) is 103 Å². The van der Waals surface area contributed by atoms with E-state index in [1.807, 2.05) is 0 Å². The molecule has 4 atom stereocenters. The first-order chi connectivity index (χ1) is 26.5. The van der Waals surface area contributed by atoms with E-state index in [2.05, 4.69) is 32.6 Å². The summed E-state index contributed by atoms with van der Waals surface area (Å²) in [5.41, 5.74) is 0.175. The van der Waals surface area contributed by atoms with Gasteiger partial charge in [0, 0.05) is 19.4 Å². The van der Waals surface area contributed by atoms with Crippen molar-refractivity contribution in [3.8, 4) is 0 Å². The highest BCUT2D eigenvalue weighted by Gasteiger charge is 2.40. The third kappa shape index (κ3) is 23.9. The molecule has 54 heavy (non-hydrogen) atoms. The summed E-state index contributed by atoms with van der Waals surface area (Å²) in [7, 11) is 0. The largest absolute Gasteiger partial charge is 0.396 e. The Morgan fingerprint density at radius 1 is 0.463 bits per heavy atom. The standard InChI is InChI=1S/C49H97NO4/c1-5-9-13-17-19-21-26-36-48(35-25-15-11-7-3)43-46(44-52-48)33-23-29-39-50(41-31-32-42-51)40-30-24-34-47-45-53-49(54-47,37-27-16-12-8-4)38-28-22-20-18-14-10-6-2/h46-47,51H,5-45H2,1-4H3. The first-order valence-electron chi connectivity index (χ1n) is 24.8. The molecule has 4 unspecified atom stereocenters. The molecule has 0 bridgehead atoms. The van der Waals surface area contributed by atoms with Crippen molar-refractivity contribution in [1.82, 2.24) is 4.90 Å². The number of hydrogen-bond donors (Lipinski definition) is 1. The first-order valence-corrected chi connectivity index (χ1v) is 24.8. The maximum Gasteiger partial charge on any atom is 0.168 e. The topological polar surface area (TPSA) is 51.2 Å². The summed E-state index contributed by atoms with van der Waals surface area (Å²) >= 11 is 0. The molecule has 2 heterocycles. The number of ether oxygens (including phenoxy) is 3. The van der Waals surface area contributed by atoms with Gasteiger partial charge in [0.2, 0.25) is 0 Å². The summed E-state index contributed by atoms with van der Waals surface area (Å²) in [4.78, 5) is 2.70. The lowest BCUT2D eigenvalue weighted by Gasteiger charge is -2.29. The van der Waals surface area contributed by atoms with Crippen LogP contribution in [-0.4, -0.2) is 67.0 Å². The van der Waals surface area contributed by atoms with Crippen LogP contribution in [0.5, 0.6) is 0 Å². The van der Waals surface area contributed by atoms with E-state index >= 15 is 0 Å². The Balaban J connectivity index is 1.73. The highest BCUT2D eigenvalue weighted by atomic mass is 16.7. The van der Waals surface area contributed by atoms with Gasteiger partial charge in [-0.3, -0.25) is 0 Å². The van der Waals surface area contributed by atoms with Crippen LogP contribution in [0.3, 0.4) is 0 Å². The van der Waals surface area contributed by atoms with Gasteiger partial charge in [-0.2, -0.15) is 0 Å². The first kappa shape index (κ1) is 49.9. The summed E-state index contributed by atoms with van der Waals surface area (Å²) in [6.07, 6.45) is 45.5. The molecule has 5 nitrogen and oxygen atoms in total. The third-order valence-electron chi connectivity index (χ3n) is 13.0. The van der Waals surface area contributed by atoms with E-state index in [4.69, 9.17) is 14.2 Å². The molecule has 2 aliphatic rings. The molecule has 0 aliphatic carbocycles. The van der Waals surface area contributed by atoms with Crippen molar-refractivity contribution in [2.24, 2.45) is 5.92 Å². The molecule has 0 aromatic rings. The Labute approximate surface area is 338 Å². The van der Waals surface area contributed by atoms with Gasteiger partial charge in [0.25, 0.3) is 0 Å². The lowest BCUT2D eigenvalue weighted by molar-refractivity contribution is -0.180. The molecule has 0 amide bonds. The summed E-state index contributed by atoms with van der Waals surface area (Å²) in [5, 5.41) is 9.46. The summed E-state index contributed by atoms with van der Waals surface area (Å²) in [5.74, 6) is 0.437. The highest BCUT2D eigenvalue weighted by molar-refractivity contribution is 4.89. The Morgan fingerprint density at radius 2 is 0.907 bits per heavy atom. The molecule has 0 saturated carbocycles. The smallest absolute Gasteiger partial charge is 0.168 e. The van der Waals surface area contributed by atoms with Crippen LogP contribution in [0.1, 0.15) is 252 Å². The number of rotatable bonds is 40. The maximum absolute atomic E-state index is 9.46. The predicted molar refractivity (Wildman–Crippen MR) is 234 cm³/mol.